The van der Waals surface area contributed by atoms with Crippen LogP contribution in [-0.4, -0.2) is 17.7 Å². The van der Waals surface area contributed by atoms with Crippen molar-refractivity contribution in [2.45, 2.75) is 49.3 Å². The van der Waals surface area contributed by atoms with Crippen molar-refractivity contribution in [3.63, 3.8) is 0 Å². The van der Waals surface area contributed by atoms with Crippen LogP contribution < -0.4 is 5.32 Å². The van der Waals surface area contributed by atoms with E-state index in [2.05, 4.69) is 5.32 Å². The minimum absolute atomic E-state index is 0.104. The van der Waals surface area contributed by atoms with E-state index in [4.69, 9.17) is 0 Å². The summed E-state index contributed by atoms with van der Waals surface area (Å²) in [5.74, 6) is -0.657. The Morgan fingerprint density at radius 2 is 2.05 bits per heavy atom. The van der Waals surface area contributed by atoms with Gasteiger partial charge in [0.1, 0.15) is 0 Å². The standard InChI is InChI=1S/C17H21F2NOS/c1-10(14-9-11-6-7-12(14)8-11)20-16(21)13-4-2-3-5-15(13)22-17(18)19/h2-5,10-12,14,17H,6-9H2,1H3,(H,20,21)/t10-,11+,12+,14+/m1/s1. The van der Waals surface area contributed by atoms with Crippen LogP contribution in [0.3, 0.4) is 0 Å². The molecule has 0 spiro atoms. The third kappa shape index (κ3) is 3.29. The molecule has 2 saturated carbocycles. The van der Waals surface area contributed by atoms with Crippen LogP contribution in [0.25, 0.3) is 0 Å². The molecule has 1 amide bonds. The number of hydrogen-bond acceptors (Lipinski definition) is 2. The van der Waals surface area contributed by atoms with Crippen molar-refractivity contribution in [1.82, 2.24) is 5.32 Å². The molecule has 5 heteroatoms. The van der Waals surface area contributed by atoms with E-state index in [1.54, 1.807) is 24.3 Å². The minimum Gasteiger partial charge on any atom is -0.349 e. The van der Waals surface area contributed by atoms with Crippen LogP contribution >= 0.6 is 11.8 Å². The van der Waals surface area contributed by atoms with E-state index in [-0.39, 0.29) is 11.9 Å². The zero-order valence-electron chi connectivity index (χ0n) is 12.6. The third-order valence-corrected chi connectivity index (χ3v) is 5.93. The molecule has 120 valence electrons. The Morgan fingerprint density at radius 1 is 1.27 bits per heavy atom. The smallest absolute Gasteiger partial charge is 0.288 e. The average molecular weight is 325 g/mol. The summed E-state index contributed by atoms with van der Waals surface area (Å²) in [7, 11) is 0. The van der Waals surface area contributed by atoms with Gasteiger partial charge in [-0.05, 0) is 56.1 Å². The molecule has 3 rings (SSSR count). The highest BCUT2D eigenvalue weighted by atomic mass is 32.2. The molecule has 1 aromatic carbocycles. The normalized spacial score (nSPS) is 28.1. The molecule has 2 bridgehead atoms. The number of amides is 1. The van der Waals surface area contributed by atoms with Gasteiger partial charge in [-0.25, -0.2) is 0 Å². The molecule has 1 N–H and O–H groups in total. The number of fused-ring (bicyclic) bond motifs is 2. The Labute approximate surface area is 134 Å². The molecule has 0 heterocycles. The molecule has 1 aromatic rings. The summed E-state index contributed by atoms with van der Waals surface area (Å²) in [5, 5.41) is 3.04. The Hall–Kier alpha value is -1.10. The van der Waals surface area contributed by atoms with Crippen LogP contribution in [0, 0.1) is 17.8 Å². The zero-order chi connectivity index (χ0) is 15.7. The number of carbonyl (C=O) groups is 1. The van der Waals surface area contributed by atoms with Gasteiger partial charge < -0.3 is 5.32 Å². The lowest BCUT2D eigenvalue weighted by molar-refractivity contribution is 0.0912. The Morgan fingerprint density at radius 3 is 2.68 bits per heavy atom. The molecule has 2 aliphatic rings. The van der Waals surface area contributed by atoms with Crippen molar-refractivity contribution in [3.05, 3.63) is 29.8 Å². The van der Waals surface area contributed by atoms with Crippen LogP contribution in [-0.2, 0) is 0 Å². The van der Waals surface area contributed by atoms with Crippen molar-refractivity contribution in [3.8, 4) is 0 Å². The number of halogens is 2. The molecule has 2 fully saturated rings. The third-order valence-electron chi connectivity index (χ3n) is 5.14. The molecule has 4 atom stereocenters. The van der Waals surface area contributed by atoms with Gasteiger partial charge in [0.25, 0.3) is 11.7 Å². The fourth-order valence-corrected chi connectivity index (χ4v) is 4.79. The predicted molar refractivity (Wildman–Crippen MR) is 84.2 cm³/mol. The first-order chi connectivity index (χ1) is 10.5. The maximum atomic E-state index is 12.6. The lowest BCUT2D eigenvalue weighted by Gasteiger charge is -2.28. The van der Waals surface area contributed by atoms with Crippen molar-refractivity contribution in [1.29, 1.82) is 0 Å². The van der Waals surface area contributed by atoms with Crippen molar-refractivity contribution in [2.24, 2.45) is 17.8 Å². The summed E-state index contributed by atoms with van der Waals surface area (Å²) >= 11 is 0.431. The van der Waals surface area contributed by atoms with E-state index >= 15 is 0 Å². The maximum Gasteiger partial charge on any atom is 0.288 e. The number of nitrogens with one attached hydrogen (secondary N) is 1. The molecule has 0 radical (unpaired) electrons. The first kappa shape index (κ1) is 15.8. The highest BCUT2D eigenvalue weighted by Gasteiger charge is 2.42. The van der Waals surface area contributed by atoms with Crippen LogP contribution in [0.2, 0.25) is 0 Å². The lowest BCUT2D eigenvalue weighted by Crippen LogP contribution is -2.40. The number of carbonyl (C=O) groups excluding carboxylic acids is 1. The van der Waals surface area contributed by atoms with E-state index < -0.39 is 5.76 Å². The van der Waals surface area contributed by atoms with E-state index in [1.165, 1.54) is 25.7 Å². The minimum atomic E-state index is -2.52. The highest BCUT2D eigenvalue weighted by molar-refractivity contribution is 7.99. The molecule has 0 aromatic heterocycles. The Bertz CT molecular complexity index is 551. The van der Waals surface area contributed by atoms with Crippen LogP contribution in [0.5, 0.6) is 0 Å². The predicted octanol–water partition coefficient (Wildman–Crippen LogP) is 4.56. The number of hydrogen-bond donors (Lipinski definition) is 1. The van der Waals surface area contributed by atoms with Crippen LogP contribution in [0.4, 0.5) is 8.78 Å². The van der Waals surface area contributed by atoms with Gasteiger partial charge in [0.15, 0.2) is 0 Å². The first-order valence-corrected chi connectivity index (χ1v) is 8.77. The number of alkyl halides is 2. The average Bonchev–Trinajstić information content (AvgIpc) is 3.09. The Balaban J connectivity index is 1.67. The summed E-state index contributed by atoms with van der Waals surface area (Å²) in [6, 6.07) is 6.70. The maximum absolute atomic E-state index is 12.6. The largest absolute Gasteiger partial charge is 0.349 e. The second-order valence-electron chi connectivity index (χ2n) is 6.48. The monoisotopic (exact) mass is 325 g/mol. The second-order valence-corrected chi connectivity index (χ2v) is 7.51. The van der Waals surface area contributed by atoms with Gasteiger partial charge in [0.05, 0.1) is 5.56 Å². The van der Waals surface area contributed by atoms with Gasteiger partial charge >= 0.3 is 0 Å². The van der Waals surface area contributed by atoms with Gasteiger partial charge in [-0.1, -0.05) is 30.3 Å². The van der Waals surface area contributed by atoms with E-state index in [9.17, 15) is 13.6 Å². The molecule has 2 aliphatic carbocycles. The summed E-state index contributed by atoms with van der Waals surface area (Å²) < 4.78 is 25.2. The second kappa shape index (κ2) is 6.57. The summed E-state index contributed by atoms with van der Waals surface area (Å²) in [5.41, 5.74) is 0.350. The highest BCUT2D eigenvalue weighted by Crippen LogP contribution is 2.49. The first-order valence-electron chi connectivity index (χ1n) is 7.89. The Kier molecular flexibility index (Phi) is 4.71. The SMILES string of the molecule is C[C@@H](NC(=O)c1ccccc1SC(F)F)[C@@H]1C[C@H]2CC[C@H]1C2. The number of thioether (sulfide) groups is 1. The van der Waals surface area contributed by atoms with Gasteiger partial charge in [-0.15, -0.1) is 0 Å². The molecule has 22 heavy (non-hydrogen) atoms. The van der Waals surface area contributed by atoms with Crippen LogP contribution in [0.1, 0.15) is 43.0 Å². The quantitative estimate of drug-likeness (QED) is 0.804. The van der Waals surface area contributed by atoms with Gasteiger partial charge in [0, 0.05) is 10.9 Å². The van der Waals surface area contributed by atoms with E-state index in [1.807, 2.05) is 6.92 Å². The van der Waals surface area contributed by atoms with E-state index in [0.717, 1.165) is 11.8 Å². The fraction of sp³-hybridized carbons (Fsp3) is 0.588. The van der Waals surface area contributed by atoms with Crippen LogP contribution in [0.15, 0.2) is 29.2 Å². The van der Waals surface area contributed by atoms with E-state index in [0.29, 0.717) is 28.1 Å². The lowest BCUT2D eigenvalue weighted by atomic mass is 9.84. The summed E-state index contributed by atoms with van der Waals surface area (Å²) in [4.78, 5) is 12.8. The fourth-order valence-electron chi connectivity index (χ4n) is 4.15. The summed E-state index contributed by atoms with van der Waals surface area (Å²) in [6.45, 7) is 2.05. The molecule has 0 aliphatic heterocycles. The number of benzene rings is 1. The molecule has 0 unspecified atom stereocenters. The molecular weight excluding hydrogens is 304 g/mol. The van der Waals surface area contributed by atoms with Crippen molar-refractivity contribution >= 4 is 17.7 Å². The number of rotatable bonds is 5. The topological polar surface area (TPSA) is 29.1 Å². The molecule has 0 saturated heterocycles. The van der Waals surface area contributed by atoms with Crippen molar-refractivity contribution in [2.75, 3.05) is 0 Å². The van der Waals surface area contributed by atoms with Gasteiger partial charge in [-0.2, -0.15) is 8.78 Å². The molecule has 2 nitrogen and oxygen atoms in total. The summed E-state index contributed by atoms with van der Waals surface area (Å²) in [6.07, 6.45) is 5.09. The molecular formula is C17H21F2NOS. The van der Waals surface area contributed by atoms with Gasteiger partial charge in [0.2, 0.25) is 0 Å². The van der Waals surface area contributed by atoms with Crippen molar-refractivity contribution < 1.29 is 13.6 Å². The zero-order valence-corrected chi connectivity index (χ0v) is 13.4. The van der Waals surface area contributed by atoms with Gasteiger partial charge in [-0.3, -0.25) is 4.79 Å².